The van der Waals surface area contributed by atoms with Crippen LogP contribution < -0.4 is 14.4 Å². The molecule has 0 aromatic heterocycles. The van der Waals surface area contributed by atoms with Gasteiger partial charge in [0, 0.05) is 57.8 Å². The molecule has 2 aliphatic carbocycles. The summed E-state index contributed by atoms with van der Waals surface area (Å²) in [5.41, 5.74) is 0.497. The Balaban J connectivity index is 1.34. The van der Waals surface area contributed by atoms with E-state index in [0.29, 0.717) is 60.5 Å². The molecule has 6 atom stereocenters. The molecule has 1 spiro atoms. The quantitative estimate of drug-likeness (QED) is 0.486. The normalized spacial score (nSPS) is 31.6. The van der Waals surface area contributed by atoms with E-state index in [0.717, 1.165) is 62.2 Å². The number of nitrogens with zero attached hydrogens (tertiary/aromatic N) is 3. The van der Waals surface area contributed by atoms with Crippen molar-refractivity contribution in [3.05, 3.63) is 58.1 Å². The molecule has 2 N–H and O–H groups in total. The van der Waals surface area contributed by atoms with Crippen LogP contribution in [0.5, 0.6) is 5.75 Å². The summed E-state index contributed by atoms with van der Waals surface area (Å²) < 4.78 is 41.6. The summed E-state index contributed by atoms with van der Waals surface area (Å²) in [6.07, 6.45) is 7.24. The fraction of sp³-hybridized carbons (Fsp3) is 0.622. The highest BCUT2D eigenvalue weighted by molar-refractivity contribution is 7.87. The summed E-state index contributed by atoms with van der Waals surface area (Å²) >= 11 is 6.46. The predicted molar refractivity (Wildman–Crippen MR) is 190 cm³/mol. The van der Waals surface area contributed by atoms with E-state index in [1.165, 1.54) is 30.1 Å². The van der Waals surface area contributed by atoms with Gasteiger partial charge in [0.1, 0.15) is 5.75 Å². The van der Waals surface area contributed by atoms with E-state index >= 15 is 0 Å². The fourth-order valence-electron chi connectivity index (χ4n) is 8.89. The SMILES string of the molecule is CN1CC[C@@H]2CCO[C@@H](C2)[C@@H]2CC[C@H]2CN2C[C@@]3(CCCc4cc(Cl)ccc43)COc3ccc(cc32)[C@](O)(C(=O)NS(=O)(=O)N(C)C)CC1=O. The first-order valence-electron chi connectivity index (χ1n) is 17.9. The van der Waals surface area contributed by atoms with Gasteiger partial charge in [0.15, 0.2) is 5.60 Å². The second kappa shape index (κ2) is 13.6. The molecule has 2 amide bonds. The van der Waals surface area contributed by atoms with Gasteiger partial charge in [0.05, 0.1) is 24.8 Å². The second-order valence-electron chi connectivity index (χ2n) is 15.4. The van der Waals surface area contributed by atoms with Gasteiger partial charge in [-0.2, -0.15) is 12.7 Å². The Morgan fingerprint density at radius 3 is 2.70 bits per heavy atom. The van der Waals surface area contributed by atoms with Gasteiger partial charge in [-0.3, -0.25) is 9.59 Å². The van der Waals surface area contributed by atoms with Crippen LogP contribution >= 0.6 is 11.6 Å². The van der Waals surface area contributed by atoms with Crippen LogP contribution in [-0.2, 0) is 42.0 Å². The Morgan fingerprint density at radius 1 is 1.12 bits per heavy atom. The molecule has 2 aromatic rings. The lowest BCUT2D eigenvalue weighted by atomic mass is 9.67. The minimum Gasteiger partial charge on any atom is -0.490 e. The number of ether oxygens (including phenoxy) is 2. The van der Waals surface area contributed by atoms with Crippen LogP contribution in [0, 0.1) is 17.8 Å². The van der Waals surface area contributed by atoms with Crippen molar-refractivity contribution < 1.29 is 32.6 Å². The summed E-state index contributed by atoms with van der Waals surface area (Å²) in [5.74, 6) is 0.154. The number of hydrogen-bond donors (Lipinski definition) is 2. The van der Waals surface area contributed by atoms with Crippen molar-refractivity contribution in [2.45, 2.75) is 74.9 Å². The number of halogens is 1. The van der Waals surface area contributed by atoms with Gasteiger partial charge in [-0.05, 0) is 110 Å². The number of amides is 2. The zero-order valence-corrected chi connectivity index (χ0v) is 30.8. The van der Waals surface area contributed by atoms with E-state index in [1.807, 2.05) is 10.8 Å². The molecule has 1 saturated carbocycles. The number of nitrogens with one attached hydrogen (secondary N) is 1. The third kappa shape index (κ3) is 6.62. The van der Waals surface area contributed by atoms with E-state index in [-0.39, 0.29) is 17.1 Å². The first-order chi connectivity index (χ1) is 23.8. The molecule has 0 unspecified atom stereocenters. The Morgan fingerprint density at radius 2 is 1.94 bits per heavy atom. The molecule has 11 nitrogen and oxygen atoms in total. The molecule has 1 saturated heterocycles. The molecule has 3 aliphatic heterocycles. The summed E-state index contributed by atoms with van der Waals surface area (Å²) in [6.45, 7) is 2.99. The van der Waals surface area contributed by atoms with Gasteiger partial charge in [-0.1, -0.05) is 23.7 Å². The van der Waals surface area contributed by atoms with Gasteiger partial charge in [0.2, 0.25) is 5.91 Å². The first-order valence-corrected chi connectivity index (χ1v) is 19.7. The number of hydrogen-bond acceptors (Lipinski definition) is 8. The van der Waals surface area contributed by atoms with Crippen molar-refractivity contribution in [1.82, 2.24) is 13.9 Å². The van der Waals surface area contributed by atoms with Gasteiger partial charge in [-0.15, -0.1) is 0 Å². The fourth-order valence-corrected chi connectivity index (χ4v) is 9.67. The number of carbonyl (C=O) groups is 2. The van der Waals surface area contributed by atoms with Crippen LogP contribution in [0.3, 0.4) is 0 Å². The molecular formula is C37H49ClN4O7S. The molecule has 2 fully saturated rings. The van der Waals surface area contributed by atoms with E-state index in [4.69, 9.17) is 21.1 Å². The minimum atomic E-state index is -4.27. The zero-order valence-electron chi connectivity index (χ0n) is 29.2. The maximum absolute atomic E-state index is 13.9. The van der Waals surface area contributed by atoms with Crippen LogP contribution in [0.15, 0.2) is 36.4 Å². The molecule has 2 aromatic carbocycles. The molecule has 4 bridgehead atoms. The maximum atomic E-state index is 13.9. The molecule has 7 rings (SSSR count). The topological polar surface area (TPSA) is 129 Å². The first kappa shape index (κ1) is 35.5. The predicted octanol–water partition coefficient (Wildman–Crippen LogP) is 4.00. The van der Waals surface area contributed by atoms with Gasteiger partial charge in [-0.25, -0.2) is 4.72 Å². The van der Waals surface area contributed by atoms with Crippen molar-refractivity contribution in [2.24, 2.45) is 17.8 Å². The van der Waals surface area contributed by atoms with E-state index in [1.54, 1.807) is 25.2 Å². The van der Waals surface area contributed by atoms with E-state index < -0.39 is 34.0 Å². The maximum Gasteiger partial charge on any atom is 0.303 e. The Bertz CT molecular complexity index is 1760. The molecule has 5 aliphatic rings. The molecule has 272 valence electrons. The highest BCUT2D eigenvalue weighted by Gasteiger charge is 2.48. The average Bonchev–Trinajstić information content (AvgIpc) is 3.21. The lowest BCUT2D eigenvalue weighted by Gasteiger charge is -2.48. The number of rotatable bonds is 3. The van der Waals surface area contributed by atoms with Crippen LogP contribution in [0.4, 0.5) is 5.69 Å². The number of aryl methyl sites for hydroxylation is 1. The van der Waals surface area contributed by atoms with Crippen molar-refractivity contribution in [3.8, 4) is 5.75 Å². The van der Waals surface area contributed by atoms with Crippen LogP contribution in [0.1, 0.15) is 68.1 Å². The highest BCUT2D eigenvalue weighted by atomic mass is 35.5. The molecule has 0 radical (unpaired) electrons. The van der Waals surface area contributed by atoms with Gasteiger partial charge in [0.25, 0.3) is 5.91 Å². The number of anilines is 1. The molecule has 50 heavy (non-hydrogen) atoms. The lowest BCUT2D eigenvalue weighted by Crippen LogP contribution is -2.52. The second-order valence-corrected chi connectivity index (χ2v) is 17.8. The zero-order chi connectivity index (χ0) is 35.4. The van der Waals surface area contributed by atoms with E-state index in [9.17, 15) is 23.1 Å². The highest BCUT2D eigenvalue weighted by Crippen LogP contribution is 2.48. The van der Waals surface area contributed by atoms with Crippen molar-refractivity contribution in [3.63, 3.8) is 0 Å². The third-order valence-electron chi connectivity index (χ3n) is 12.1. The average molecular weight is 729 g/mol. The molecule has 3 heterocycles. The monoisotopic (exact) mass is 728 g/mol. The number of fused-ring (bicyclic) bond motifs is 7. The number of benzene rings is 2. The standard InChI is InChI=1S/C37H49ClN4O7S/c1-40(2)50(46,47)39-35(44)37(45)20-34(43)41(3)15-12-24-13-16-48-33(17-24)29-9-6-26(29)21-42-22-36(23-49-32-11-7-27(37)19-31(32)42)14-4-5-25-18-28(38)8-10-30(25)36/h7-8,10-11,18-19,24,26,29,33,45H,4-6,9,12-17,20-23H2,1-3H3,(H,39,44)/t24-,26+,29-,33+,36+,37+/m1/s1. The van der Waals surface area contributed by atoms with Crippen LogP contribution in [-0.4, -0.2) is 94.6 Å². The van der Waals surface area contributed by atoms with Crippen LogP contribution in [0.2, 0.25) is 5.02 Å². The summed E-state index contributed by atoms with van der Waals surface area (Å²) in [6, 6.07) is 11.2. The number of aliphatic hydroxyl groups is 1. The van der Waals surface area contributed by atoms with Crippen molar-refractivity contribution >= 4 is 39.3 Å². The van der Waals surface area contributed by atoms with E-state index in [2.05, 4.69) is 17.0 Å². The Hall–Kier alpha value is -2.90. The Kier molecular flexibility index (Phi) is 9.64. The van der Waals surface area contributed by atoms with Crippen LogP contribution in [0.25, 0.3) is 0 Å². The molecule has 13 heteroatoms. The summed E-state index contributed by atoms with van der Waals surface area (Å²) in [5, 5.41) is 13.0. The minimum absolute atomic E-state index is 0.127. The smallest absolute Gasteiger partial charge is 0.303 e. The molecular weight excluding hydrogens is 680 g/mol. The third-order valence-corrected chi connectivity index (χ3v) is 13.8. The largest absolute Gasteiger partial charge is 0.490 e. The van der Waals surface area contributed by atoms with Gasteiger partial charge >= 0.3 is 10.2 Å². The number of carbonyl (C=O) groups excluding carboxylic acids is 2. The lowest BCUT2D eigenvalue weighted by molar-refractivity contribution is -0.148. The van der Waals surface area contributed by atoms with Crippen molar-refractivity contribution in [1.29, 1.82) is 0 Å². The van der Waals surface area contributed by atoms with Gasteiger partial charge < -0.3 is 24.4 Å². The summed E-state index contributed by atoms with van der Waals surface area (Å²) in [4.78, 5) is 31.5. The van der Waals surface area contributed by atoms with Crippen molar-refractivity contribution in [2.75, 3.05) is 58.9 Å². The Labute approximate surface area is 300 Å². The summed E-state index contributed by atoms with van der Waals surface area (Å²) in [7, 11) is -0.0257.